The molecule has 3 heterocycles. The second kappa shape index (κ2) is 6.48. The molecule has 1 fully saturated rings. The molecule has 0 atom stereocenters. The average Bonchev–Trinajstić information content (AvgIpc) is 3.03. The molecule has 22 heavy (non-hydrogen) atoms. The number of ether oxygens (including phenoxy) is 1. The van der Waals surface area contributed by atoms with E-state index in [0.717, 1.165) is 49.4 Å². The molecule has 0 bridgehead atoms. The molecule has 1 saturated heterocycles. The topological polar surface area (TPSA) is 54.4 Å². The maximum Gasteiger partial charge on any atom is 0.228 e. The summed E-state index contributed by atoms with van der Waals surface area (Å²) in [5, 5.41) is 1.12. The highest BCUT2D eigenvalue weighted by Crippen LogP contribution is 2.25. The largest absolute Gasteiger partial charge is 0.481 e. The van der Waals surface area contributed by atoms with Gasteiger partial charge in [-0.2, -0.15) is 4.98 Å². The Morgan fingerprint density at radius 3 is 2.55 bits per heavy atom. The third kappa shape index (κ3) is 3.14. The second-order valence-electron chi connectivity index (χ2n) is 5.29. The molecule has 0 N–H and O–H groups in total. The molecule has 0 saturated carbocycles. The summed E-state index contributed by atoms with van der Waals surface area (Å²) in [6, 6.07) is 1.85. The van der Waals surface area contributed by atoms with E-state index in [-0.39, 0.29) is 0 Å². The Kier molecular flexibility index (Phi) is 4.42. The van der Waals surface area contributed by atoms with E-state index in [2.05, 4.69) is 31.7 Å². The number of hydrogen-bond donors (Lipinski definition) is 0. The first-order valence-electron chi connectivity index (χ1n) is 7.54. The molecule has 0 unspecified atom stereocenters. The zero-order valence-electron chi connectivity index (χ0n) is 13.2. The van der Waals surface area contributed by atoms with E-state index in [4.69, 9.17) is 4.74 Å². The lowest BCUT2D eigenvalue weighted by Crippen LogP contribution is -2.47. The van der Waals surface area contributed by atoms with Crippen LogP contribution >= 0.6 is 11.3 Å². The Morgan fingerprint density at radius 1 is 1.18 bits per heavy atom. The molecule has 0 radical (unpaired) electrons. The first-order chi connectivity index (χ1) is 10.7. The highest BCUT2D eigenvalue weighted by Gasteiger charge is 2.21. The number of rotatable bonds is 4. The first kappa shape index (κ1) is 15.0. The van der Waals surface area contributed by atoms with Gasteiger partial charge in [-0.3, -0.25) is 0 Å². The number of anilines is 2. The first-order valence-corrected chi connectivity index (χ1v) is 8.35. The van der Waals surface area contributed by atoms with E-state index in [1.165, 1.54) is 4.88 Å². The van der Waals surface area contributed by atoms with E-state index in [0.29, 0.717) is 5.88 Å². The highest BCUT2D eigenvalue weighted by molar-refractivity contribution is 7.15. The quantitative estimate of drug-likeness (QED) is 0.860. The maximum absolute atomic E-state index is 5.24. The van der Waals surface area contributed by atoms with Crippen molar-refractivity contribution in [2.24, 2.45) is 0 Å². The Bertz CT molecular complexity index is 637. The number of piperazine rings is 1. The van der Waals surface area contributed by atoms with Crippen molar-refractivity contribution in [2.75, 3.05) is 43.1 Å². The van der Waals surface area contributed by atoms with E-state index in [9.17, 15) is 0 Å². The van der Waals surface area contributed by atoms with Gasteiger partial charge in [-0.25, -0.2) is 9.97 Å². The van der Waals surface area contributed by atoms with Gasteiger partial charge in [0, 0.05) is 49.0 Å². The van der Waals surface area contributed by atoms with Crippen LogP contribution in [0.5, 0.6) is 5.88 Å². The Hall–Kier alpha value is -1.89. The van der Waals surface area contributed by atoms with Crippen LogP contribution in [0.3, 0.4) is 0 Å². The lowest BCUT2D eigenvalue weighted by Gasteiger charge is -2.34. The van der Waals surface area contributed by atoms with E-state index in [1.807, 2.05) is 19.2 Å². The van der Waals surface area contributed by atoms with Crippen LogP contribution in [0.15, 0.2) is 12.3 Å². The predicted molar refractivity (Wildman–Crippen MR) is 89.2 cm³/mol. The van der Waals surface area contributed by atoms with Crippen LogP contribution in [0.2, 0.25) is 0 Å². The molecule has 2 aromatic rings. The monoisotopic (exact) mass is 319 g/mol. The fraction of sp³-hybridized carbons (Fsp3) is 0.533. The normalized spacial score (nSPS) is 15.2. The van der Waals surface area contributed by atoms with E-state index >= 15 is 0 Å². The van der Waals surface area contributed by atoms with Gasteiger partial charge in [0.05, 0.1) is 7.11 Å². The lowest BCUT2D eigenvalue weighted by molar-refractivity contribution is 0.396. The van der Waals surface area contributed by atoms with Crippen molar-refractivity contribution in [3.05, 3.63) is 22.8 Å². The van der Waals surface area contributed by atoms with Crippen LogP contribution in [0.1, 0.15) is 17.5 Å². The van der Waals surface area contributed by atoms with Gasteiger partial charge in [0.25, 0.3) is 0 Å². The summed E-state index contributed by atoms with van der Waals surface area (Å²) < 4.78 is 5.24. The van der Waals surface area contributed by atoms with Crippen LogP contribution in [0.4, 0.5) is 11.1 Å². The summed E-state index contributed by atoms with van der Waals surface area (Å²) in [7, 11) is 1.64. The number of nitrogens with zero attached hydrogens (tertiary/aromatic N) is 5. The van der Waals surface area contributed by atoms with Gasteiger partial charge in [0.15, 0.2) is 5.13 Å². The van der Waals surface area contributed by atoms with Crippen molar-refractivity contribution in [1.29, 1.82) is 0 Å². The Morgan fingerprint density at radius 2 is 1.91 bits per heavy atom. The summed E-state index contributed by atoms with van der Waals surface area (Å²) in [6.07, 6.45) is 3.04. The number of thiazole rings is 1. The molecule has 1 aliphatic heterocycles. The Balaban J connectivity index is 1.67. The van der Waals surface area contributed by atoms with Gasteiger partial charge in [0.2, 0.25) is 11.8 Å². The SMILES string of the molecule is CCc1cnc(N2CCN(c3nc(C)cc(OC)n3)CC2)s1. The number of hydrogen-bond acceptors (Lipinski definition) is 7. The second-order valence-corrected chi connectivity index (χ2v) is 6.38. The molecule has 0 amide bonds. The minimum atomic E-state index is 0.623. The standard InChI is InChI=1S/C15H21N5OS/c1-4-12-10-16-15(22-12)20-7-5-19(6-8-20)14-17-11(2)9-13(18-14)21-3/h9-10H,4-8H2,1-3H3. The van der Waals surface area contributed by atoms with Crippen LogP contribution in [0, 0.1) is 6.92 Å². The molecular weight excluding hydrogens is 298 g/mol. The van der Waals surface area contributed by atoms with Crippen LogP contribution < -0.4 is 14.5 Å². The summed E-state index contributed by atoms with van der Waals surface area (Å²) in [6.45, 7) is 7.80. The van der Waals surface area contributed by atoms with Crippen molar-refractivity contribution < 1.29 is 4.74 Å². The molecule has 6 nitrogen and oxygen atoms in total. The van der Waals surface area contributed by atoms with Crippen molar-refractivity contribution in [2.45, 2.75) is 20.3 Å². The number of aromatic nitrogens is 3. The maximum atomic E-state index is 5.24. The summed E-state index contributed by atoms with van der Waals surface area (Å²) in [5.41, 5.74) is 0.928. The van der Waals surface area contributed by atoms with Crippen LogP contribution in [-0.2, 0) is 6.42 Å². The fourth-order valence-electron chi connectivity index (χ4n) is 2.48. The minimum absolute atomic E-state index is 0.623. The molecule has 1 aliphatic rings. The lowest BCUT2D eigenvalue weighted by atomic mass is 10.3. The van der Waals surface area contributed by atoms with E-state index in [1.54, 1.807) is 18.4 Å². The van der Waals surface area contributed by atoms with Crippen molar-refractivity contribution in [3.63, 3.8) is 0 Å². The summed E-state index contributed by atoms with van der Waals surface area (Å²) >= 11 is 1.79. The zero-order valence-corrected chi connectivity index (χ0v) is 14.1. The molecule has 118 valence electrons. The van der Waals surface area contributed by atoms with Gasteiger partial charge in [0.1, 0.15) is 0 Å². The highest BCUT2D eigenvalue weighted by atomic mass is 32.1. The van der Waals surface area contributed by atoms with Gasteiger partial charge < -0.3 is 14.5 Å². The summed E-state index contributed by atoms with van der Waals surface area (Å²) in [5.74, 6) is 1.38. The van der Waals surface area contributed by atoms with Gasteiger partial charge >= 0.3 is 0 Å². The fourth-order valence-corrected chi connectivity index (χ4v) is 3.38. The molecule has 0 aromatic carbocycles. The molecule has 3 rings (SSSR count). The molecule has 0 spiro atoms. The number of aryl methyl sites for hydroxylation is 2. The van der Waals surface area contributed by atoms with Crippen LogP contribution in [0.25, 0.3) is 0 Å². The number of methoxy groups -OCH3 is 1. The summed E-state index contributed by atoms with van der Waals surface area (Å²) in [4.78, 5) is 19.4. The molecule has 7 heteroatoms. The van der Waals surface area contributed by atoms with Crippen molar-refractivity contribution in [1.82, 2.24) is 15.0 Å². The zero-order chi connectivity index (χ0) is 15.5. The molecule has 0 aliphatic carbocycles. The molecular formula is C15H21N5OS. The third-order valence-corrected chi connectivity index (χ3v) is 4.95. The van der Waals surface area contributed by atoms with E-state index < -0.39 is 0 Å². The average molecular weight is 319 g/mol. The van der Waals surface area contributed by atoms with Gasteiger partial charge in [-0.1, -0.05) is 6.92 Å². The van der Waals surface area contributed by atoms with Crippen molar-refractivity contribution in [3.8, 4) is 5.88 Å². The molecule has 2 aromatic heterocycles. The third-order valence-electron chi connectivity index (χ3n) is 3.75. The van der Waals surface area contributed by atoms with Gasteiger partial charge in [-0.05, 0) is 13.3 Å². The van der Waals surface area contributed by atoms with Gasteiger partial charge in [-0.15, -0.1) is 11.3 Å². The van der Waals surface area contributed by atoms with Crippen molar-refractivity contribution >= 4 is 22.4 Å². The van der Waals surface area contributed by atoms with Crippen LogP contribution in [-0.4, -0.2) is 48.2 Å². The minimum Gasteiger partial charge on any atom is -0.481 e. The Labute approximate surface area is 134 Å². The smallest absolute Gasteiger partial charge is 0.228 e. The predicted octanol–water partition coefficient (Wildman–Crippen LogP) is 2.14.